The van der Waals surface area contributed by atoms with Gasteiger partial charge in [0.1, 0.15) is 5.82 Å². The first kappa shape index (κ1) is 20.1. The Kier molecular flexibility index (Phi) is 6.10. The molecule has 4 nitrogen and oxygen atoms in total. The number of hydrogen-bond donors (Lipinski definition) is 1. The van der Waals surface area contributed by atoms with Crippen molar-refractivity contribution in [3.63, 3.8) is 0 Å². The van der Waals surface area contributed by atoms with E-state index >= 15 is 0 Å². The molecule has 1 heterocycles. The lowest BCUT2D eigenvalue weighted by molar-refractivity contribution is -0.120. The zero-order valence-corrected chi connectivity index (χ0v) is 17.1. The molecule has 4 rings (SSSR count). The molecule has 0 unspecified atom stereocenters. The summed E-state index contributed by atoms with van der Waals surface area (Å²) in [6.45, 7) is 5.14. The Morgan fingerprint density at radius 3 is 2.20 bits per heavy atom. The van der Waals surface area contributed by atoms with E-state index in [-0.39, 0.29) is 17.8 Å². The second-order valence-electron chi connectivity index (χ2n) is 7.58. The number of rotatable bonds is 5. The van der Waals surface area contributed by atoms with Crippen molar-refractivity contribution in [1.82, 2.24) is 4.90 Å². The van der Waals surface area contributed by atoms with E-state index in [0.717, 1.165) is 48.7 Å². The lowest BCUT2D eigenvalue weighted by Crippen LogP contribution is -2.52. The first-order valence-corrected chi connectivity index (χ1v) is 10.3. The van der Waals surface area contributed by atoms with Gasteiger partial charge < -0.3 is 10.2 Å². The smallest absolute Gasteiger partial charge is 0.241 e. The molecule has 5 heteroatoms. The fourth-order valence-electron chi connectivity index (χ4n) is 3.88. The number of anilines is 2. The molecule has 0 aromatic heterocycles. The summed E-state index contributed by atoms with van der Waals surface area (Å²) in [4.78, 5) is 17.4. The standard InChI is InChI=1S/C25H26FN3O/c1-19(28-15-17-29(18-16-28)22-13-11-21(26)12-14-22)25(30)27-24-10-6-5-9-23(24)20-7-3-2-4-8-20/h2-14,19H,15-18H2,1H3,(H,27,30)/t19-/m1/s1. The highest BCUT2D eigenvalue weighted by Gasteiger charge is 2.26. The van der Waals surface area contributed by atoms with Crippen LogP contribution in [0.4, 0.5) is 15.8 Å². The third kappa shape index (κ3) is 4.52. The molecule has 0 aliphatic carbocycles. The Morgan fingerprint density at radius 2 is 1.50 bits per heavy atom. The van der Waals surface area contributed by atoms with Crippen LogP contribution in [0.5, 0.6) is 0 Å². The number of hydrogen-bond acceptors (Lipinski definition) is 3. The maximum Gasteiger partial charge on any atom is 0.241 e. The minimum Gasteiger partial charge on any atom is -0.369 e. The van der Waals surface area contributed by atoms with Crippen LogP contribution < -0.4 is 10.2 Å². The van der Waals surface area contributed by atoms with Crippen molar-refractivity contribution in [3.05, 3.63) is 84.7 Å². The zero-order chi connectivity index (χ0) is 20.9. The number of nitrogens with zero attached hydrogens (tertiary/aromatic N) is 2. The Labute approximate surface area is 176 Å². The summed E-state index contributed by atoms with van der Waals surface area (Å²) in [5, 5.41) is 3.12. The van der Waals surface area contributed by atoms with E-state index in [0.29, 0.717) is 0 Å². The average Bonchev–Trinajstić information content (AvgIpc) is 2.80. The molecule has 1 aliphatic rings. The first-order valence-electron chi connectivity index (χ1n) is 10.3. The third-order valence-corrected chi connectivity index (χ3v) is 5.70. The number of amides is 1. The van der Waals surface area contributed by atoms with Gasteiger partial charge in [0.25, 0.3) is 0 Å². The van der Waals surface area contributed by atoms with E-state index in [2.05, 4.69) is 15.1 Å². The summed E-state index contributed by atoms with van der Waals surface area (Å²) >= 11 is 0. The van der Waals surface area contributed by atoms with E-state index in [1.165, 1.54) is 12.1 Å². The van der Waals surface area contributed by atoms with Crippen LogP contribution in [0.25, 0.3) is 11.1 Å². The summed E-state index contributed by atoms with van der Waals surface area (Å²) < 4.78 is 13.2. The third-order valence-electron chi connectivity index (χ3n) is 5.70. The van der Waals surface area contributed by atoms with Gasteiger partial charge in [0.15, 0.2) is 0 Å². The number of piperazine rings is 1. The van der Waals surface area contributed by atoms with E-state index < -0.39 is 0 Å². The van der Waals surface area contributed by atoms with Gasteiger partial charge in [0.2, 0.25) is 5.91 Å². The Balaban J connectivity index is 1.39. The Bertz CT molecular complexity index is 983. The molecular weight excluding hydrogens is 377 g/mol. The molecule has 0 spiro atoms. The van der Waals surface area contributed by atoms with Crippen molar-refractivity contribution in [2.24, 2.45) is 0 Å². The van der Waals surface area contributed by atoms with Crippen LogP contribution >= 0.6 is 0 Å². The fraction of sp³-hybridized carbons (Fsp3) is 0.240. The van der Waals surface area contributed by atoms with Crippen LogP contribution in [0.15, 0.2) is 78.9 Å². The summed E-state index contributed by atoms with van der Waals surface area (Å²) in [7, 11) is 0. The number of carbonyl (C=O) groups excluding carboxylic acids is 1. The molecule has 1 amide bonds. The van der Waals surface area contributed by atoms with E-state index in [4.69, 9.17) is 0 Å². The number of nitrogens with one attached hydrogen (secondary N) is 1. The summed E-state index contributed by atoms with van der Waals surface area (Å²) in [6, 6.07) is 24.3. The van der Waals surface area contributed by atoms with Crippen LogP contribution in [-0.2, 0) is 4.79 Å². The molecular formula is C25H26FN3O. The highest BCUT2D eigenvalue weighted by Crippen LogP contribution is 2.28. The number of halogens is 1. The van der Waals surface area contributed by atoms with Crippen molar-refractivity contribution in [2.45, 2.75) is 13.0 Å². The highest BCUT2D eigenvalue weighted by atomic mass is 19.1. The largest absolute Gasteiger partial charge is 0.369 e. The maximum absolute atomic E-state index is 13.2. The molecule has 3 aromatic rings. The van der Waals surface area contributed by atoms with Crippen molar-refractivity contribution in [1.29, 1.82) is 0 Å². The Morgan fingerprint density at radius 1 is 0.867 bits per heavy atom. The van der Waals surface area contributed by atoms with E-state index in [9.17, 15) is 9.18 Å². The van der Waals surface area contributed by atoms with Gasteiger partial charge in [-0.05, 0) is 42.8 Å². The molecule has 3 aromatic carbocycles. The minimum atomic E-state index is -0.232. The van der Waals surface area contributed by atoms with Gasteiger partial charge in [-0.15, -0.1) is 0 Å². The normalized spacial score (nSPS) is 15.6. The predicted octanol–water partition coefficient (Wildman–Crippen LogP) is 4.64. The second-order valence-corrected chi connectivity index (χ2v) is 7.58. The van der Waals surface area contributed by atoms with Gasteiger partial charge in [-0.2, -0.15) is 0 Å². The molecule has 1 fully saturated rings. The zero-order valence-electron chi connectivity index (χ0n) is 17.1. The molecule has 0 saturated carbocycles. The van der Waals surface area contributed by atoms with Crippen molar-refractivity contribution < 1.29 is 9.18 Å². The van der Waals surface area contributed by atoms with Gasteiger partial charge in [0, 0.05) is 43.1 Å². The van der Waals surface area contributed by atoms with Gasteiger partial charge in [-0.1, -0.05) is 48.5 Å². The molecule has 0 radical (unpaired) electrons. The number of carbonyl (C=O) groups is 1. The number of para-hydroxylation sites is 1. The van der Waals surface area contributed by atoms with Crippen molar-refractivity contribution in [2.75, 3.05) is 36.4 Å². The van der Waals surface area contributed by atoms with Crippen molar-refractivity contribution in [3.8, 4) is 11.1 Å². The summed E-state index contributed by atoms with van der Waals surface area (Å²) in [5.74, 6) is -0.230. The van der Waals surface area contributed by atoms with Crippen LogP contribution in [-0.4, -0.2) is 43.0 Å². The first-order chi connectivity index (χ1) is 14.6. The minimum absolute atomic E-state index is 0.00591. The predicted molar refractivity (Wildman–Crippen MR) is 120 cm³/mol. The second kappa shape index (κ2) is 9.09. The molecule has 1 saturated heterocycles. The highest BCUT2D eigenvalue weighted by molar-refractivity contribution is 5.98. The van der Waals surface area contributed by atoms with Gasteiger partial charge in [-0.25, -0.2) is 4.39 Å². The van der Waals surface area contributed by atoms with E-state index in [1.807, 2.05) is 73.7 Å². The molecule has 1 aliphatic heterocycles. The average molecular weight is 404 g/mol. The lowest BCUT2D eigenvalue weighted by atomic mass is 10.0. The molecule has 30 heavy (non-hydrogen) atoms. The maximum atomic E-state index is 13.2. The van der Waals surface area contributed by atoms with Crippen LogP contribution in [0.3, 0.4) is 0 Å². The summed E-state index contributed by atoms with van der Waals surface area (Å²) in [6.07, 6.45) is 0. The molecule has 1 atom stereocenters. The van der Waals surface area contributed by atoms with Crippen LogP contribution in [0.2, 0.25) is 0 Å². The number of benzene rings is 3. The summed E-state index contributed by atoms with van der Waals surface area (Å²) in [5.41, 5.74) is 3.93. The Hall–Kier alpha value is -3.18. The lowest BCUT2D eigenvalue weighted by Gasteiger charge is -2.38. The fourth-order valence-corrected chi connectivity index (χ4v) is 3.88. The monoisotopic (exact) mass is 403 g/mol. The van der Waals surface area contributed by atoms with Crippen molar-refractivity contribution >= 4 is 17.3 Å². The van der Waals surface area contributed by atoms with E-state index in [1.54, 1.807) is 0 Å². The van der Waals surface area contributed by atoms with Gasteiger partial charge in [0.05, 0.1) is 6.04 Å². The molecule has 1 N–H and O–H groups in total. The van der Waals surface area contributed by atoms with Gasteiger partial charge >= 0.3 is 0 Å². The molecule has 0 bridgehead atoms. The van der Waals surface area contributed by atoms with Gasteiger partial charge in [-0.3, -0.25) is 9.69 Å². The quantitative estimate of drug-likeness (QED) is 0.674. The topological polar surface area (TPSA) is 35.6 Å². The SMILES string of the molecule is C[C@H](C(=O)Nc1ccccc1-c1ccccc1)N1CCN(c2ccc(F)cc2)CC1. The van der Waals surface area contributed by atoms with Crippen LogP contribution in [0, 0.1) is 5.82 Å². The molecule has 154 valence electrons. The van der Waals surface area contributed by atoms with Crippen LogP contribution in [0.1, 0.15) is 6.92 Å².